The van der Waals surface area contributed by atoms with Crippen molar-refractivity contribution in [1.82, 2.24) is 13.8 Å². The number of nitrogens with zero attached hydrogens (tertiary/aromatic N) is 4. The lowest BCUT2D eigenvalue weighted by molar-refractivity contribution is -0.123. The quantitative estimate of drug-likeness (QED) is 0.134. The highest BCUT2D eigenvalue weighted by molar-refractivity contribution is 6.30. The number of amides is 2. The Bertz CT molecular complexity index is 2630. The Kier molecular flexibility index (Phi) is 7.25. The summed E-state index contributed by atoms with van der Waals surface area (Å²) in [4.78, 5) is 56.0. The summed E-state index contributed by atoms with van der Waals surface area (Å²) in [6.45, 7) is 2.02. The molecule has 2 amide bonds. The minimum absolute atomic E-state index is 0.0150. The van der Waals surface area contributed by atoms with Crippen LogP contribution in [0.25, 0.3) is 38.0 Å². The number of aromatic nitrogens is 3. The van der Waals surface area contributed by atoms with Gasteiger partial charge < -0.3 is 34.6 Å². The third-order valence-corrected chi connectivity index (χ3v) is 10.2. The summed E-state index contributed by atoms with van der Waals surface area (Å²) in [5.41, 5.74) is -0.758. The fourth-order valence-corrected chi connectivity index (χ4v) is 7.68. The summed E-state index contributed by atoms with van der Waals surface area (Å²) in [6, 6.07) is 10.0. The Morgan fingerprint density at radius 2 is 1.17 bits per heavy atom. The van der Waals surface area contributed by atoms with Gasteiger partial charge in [0, 0.05) is 87.4 Å². The standard InChI is InChI=1S/C37H32N4O11/c1-5-16(15-50-2)38-30(42)20-6-8-22-29-23(9-7-21(28(20)29)31(38)43)35(47)40(34(22)46)41-36(48)26-13-24-25(14-27(26)37(41)49)33(45)39(32(24)44)17-10-18(51-3)12-19(11-17)52-4/h6-12,16,42,44-45,47H,5,13-15H2,1-4H3. The van der Waals surface area contributed by atoms with Gasteiger partial charge in [-0.2, -0.15) is 9.69 Å². The first-order chi connectivity index (χ1) is 25.0. The molecular formula is C37H32N4O11. The summed E-state index contributed by atoms with van der Waals surface area (Å²) in [6.07, 6.45) is -0.0212. The molecule has 52 heavy (non-hydrogen) atoms. The normalized spacial score (nSPS) is 15.0. The first-order valence-electron chi connectivity index (χ1n) is 16.3. The van der Waals surface area contributed by atoms with Gasteiger partial charge >= 0.3 is 0 Å². The highest BCUT2D eigenvalue weighted by Crippen LogP contribution is 2.46. The van der Waals surface area contributed by atoms with E-state index in [1.807, 2.05) is 6.92 Å². The van der Waals surface area contributed by atoms with Gasteiger partial charge in [0.2, 0.25) is 23.5 Å². The number of hydrogen-bond acceptors (Lipinski definition) is 11. The first-order valence-corrected chi connectivity index (χ1v) is 16.3. The molecule has 266 valence electrons. The molecule has 0 saturated carbocycles. The molecule has 15 nitrogen and oxygen atoms in total. The molecule has 1 aliphatic carbocycles. The van der Waals surface area contributed by atoms with Crippen LogP contribution in [0.15, 0.2) is 63.2 Å². The van der Waals surface area contributed by atoms with Gasteiger partial charge in [0.25, 0.3) is 22.9 Å². The zero-order chi connectivity index (χ0) is 36.9. The molecule has 0 bridgehead atoms. The van der Waals surface area contributed by atoms with Gasteiger partial charge in [-0.3, -0.25) is 28.3 Å². The van der Waals surface area contributed by atoms with Gasteiger partial charge in [-0.05, 0) is 30.7 Å². The molecule has 3 aromatic carbocycles. The number of pyridine rings is 2. The van der Waals surface area contributed by atoms with E-state index >= 15 is 0 Å². The van der Waals surface area contributed by atoms with Crippen LogP contribution in [0.4, 0.5) is 0 Å². The van der Waals surface area contributed by atoms with E-state index in [2.05, 4.69) is 0 Å². The molecule has 1 atom stereocenters. The van der Waals surface area contributed by atoms with E-state index < -0.39 is 34.9 Å². The van der Waals surface area contributed by atoms with Crippen LogP contribution in [0.2, 0.25) is 0 Å². The number of aromatic hydroxyl groups is 4. The Hall–Kier alpha value is -6.48. The Morgan fingerprint density at radius 1 is 0.673 bits per heavy atom. The van der Waals surface area contributed by atoms with Gasteiger partial charge in [0.05, 0.1) is 37.9 Å². The SMILES string of the molecule is CCC(COC)n1c(O)c2ccc3c(=O)n(N4C(=O)C5=C(Cc6c(c(O)n(-c7cc(OC)cc(OC)c7)c6O)C5)C4=O)c(O)c4ccc(c1=O)c2c43. The number of rotatable bonds is 8. The maximum atomic E-state index is 14.2. The maximum absolute atomic E-state index is 14.2. The number of imide groups is 1. The molecule has 15 heteroatoms. The van der Waals surface area contributed by atoms with E-state index in [4.69, 9.17) is 14.2 Å². The van der Waals surface area contributed by atoms with Crippen molar-refractivity contribution >= 4 is 44.1 Å². The molecule has 0 radical (unpaired) electrons. The summed E-state index contributed by atoms with van der Waals surface area (Å²) < 4.78 is 18.9. The van der Waals surface area contributed by atoms with Crippen LogP contribution in [0, 0.1) is 0 Å². The van der Waals surface area contributed by atoms with Crippen LogP contribution >= 0.6 is 0 Å². The smallest absolute Gasteiger partial charge is 0.280 e. The van der Waals surface area contributed by atoms with Crippen LogP contribution < -0.4 is 25.6 Å². The van der Waals surface area contributed by atoms with Gasteiger partial charge in [0.1, 0.15) is 11.5 Å². The van der Waals surface area contributed by atoms with Crippen molar-refractivity contribution in [3.8, 4) is 40.7 Å². The lowest BCUT2D eigenvalue weighted by atomic mass is 9.89. The van der Waals surface area contributed by atoms with Crippen LogP contribution in [-0.4, -0.2) is 74.0 Å². The highest BCUT2D eigenvalue weighted by Gasteiger charge is 2.45. The minimum Gasteiger partial charge on any atom is -0.497 e. The Labute approximate surface area is 293 Å². The van der Waals surface area contributed by atoms with E-state index in [-0.39, 0.29) is 91.7 Å². The number of fused-ring (bicyclic) bond motifs is 1. The zero-order valence-corrected chi connectivity index (χ0v) is 28.4. The van der Waals surface area contributed by atoms with Crippen LogP contribution in [0.1, 0.15) is 30.5 Å². The molecule has 4 heterocycles. The number of ether oxygens (including phenoxy) is 3. The fraction of sp³-hybridized carbons (Fsp3) is 0.243. The number of carbonyl (C=O) groups is 2. The summed E-state index contributed by atoms with van der Waals surface area (Å²) in [5.74, 6) is -2.81. The molecule has 8 rings (SSSR count). The summed E-state index contributed by atoms with van der Waals surface area (Å²) in [7, 11) is 4.40. The lowest BCUT2D eigenvalue weighted by Crippen LogP contribution is -2.47. The van der Waals surface area contributed by atoms with Crippen molar-refractivity contribution < 1.29 is 44.2 Å². The monoisotopic (exact) mass is 708 g/mol. The Morgan fingerprint density at radius 3 is 1.67 bits per heavy atom. The van der Waals surface area contributed by atoms with E-state index in [0.29, 0.717) is 33.3 Å². The molecule has 4 N–H and O–H groups in total. The van der Waals surface area contributed by atoms with Crippen molar-refractivity contribution in [3.05, 3.63) is 85.4 Å². The molecule has 0 spiro atoms. The van der Waals surface area contributed by atoms with Crippen molar-refractivity contribution in [2.24, 2.45) is 0 Å². The third-order valence-electron chi connectivity index (χ3n) is 10.2. The van der Waals surface area contributed by atoms with Gasteiger partial charge in [-0.1, -0.05) is 6.92 Å². The topological polar surface area (TPSA) is 195 Å². The predicted octanol–water partition coefficient (Wildman–Crippen LogP) is 3.24. The summed E-state index contributed by atoms with van der Waals surface area (Å²) >= 11 is 0. The van der Waals surface area contributed by atoms with Crippen molar-refractivity contribution in [2.45, 2.75) is 32.2 Å². The van der Waals surface area contributed by atoms with Gasteiger partial charge in [-0.25, -0.2) is 0 Å². The second kappa shape index (κ2) is 11.5. The molecule has 6 aromatic rings. The second-order valence-corrected chi connectivity index (χ2v) is 12.8. The van der Waals surface area contributed by atoms with E-state index in [1.54, 1.807) is 18.2 Å². The van der Waals surface area contributed by atoms with Crippen LogP contribution in [0.5, 0.6) is 35.0 Å². The molecule has 1 unspecified atom stereocenters. The van der Waals surface area contributed by atoms with Crippen molar-refractivity contribution in [3.63, 3.8) is 0 Å². The molecule has 0 saturated heterocycles. The molecule has 0 fully saturated rings. The van der Waals surface area contributed by atoms with E-state index in [9.17, 15) is 39.6 Å². The van der Waals surface area contributed by atoms with Gasteiger partial charge in [0.15, 0.2) is 0 Å². The van der Waals surface area contributed by atoms with E-state index in [1.165, 1.54) is 50.2 Å². The molecule has 1 aliphatic heterocycles. The third kappa shape index (κ3) is 4.22. The molecular weight excluding hydrogens is 676 g/mol. The lowest BCUT2D eigenvalue weighted by Gasteiger charge is -2.23. The Balaban J connectivity index is 1.23. The zero-order valence-electron chi connectivity index (χ0n) is 28.4. The predicted molar refractivity (Wildman–Crippen MR) is 188 cm³/mol. The average Bonchev–Trinajstić information content (AvgIpc) is 3.54. The maximum Gasteiger partial charge on any atom is 0.280 e. The van der Waals surface area contributed by atoms with Gasteiger partial charge in [-0.15, -0.1) is 0 Å². The number of benzene rings is 3. The molecule has 3 aromatic heterocycles. The number of hydrogen-bond donors (Lipinski definition) is 4. The number of carbonyl (C=O) groups excluding carboxylic acids is 2. The molecule has 2 aliphatic rings. The minimum atomic E-state index is -0.919. The fourth-order valence-electron chi connectivity index (χ4n) is 7.68. The summed E-state index contributed by atoms with van der Waals surface area (Å²) in [5, 5.41) is 47.1. The highest BCUT2D eigenvalue weighted by atomic mass is 16.5. The average molecular weight is 709 g/mol. The van der Waals surface area contributed by atoms with Crippen LogP contribution in [-0.2, 0) is 27.2 Å². The van der Waals surface area contributed by atoms with Crippen molar-refractivity contribution in [1.29, 1.82) is 0 Å². The second-order valence-electron chi connectivity index (χ2n) is 12.8. The van der Waals surface area contributed by atoms with E-state index in [0.717, 1.165) is 4.57 Å². The number of methoxy groups -OCH3 is 3. The van der Waals surface area contributed by atoms with Crippen molar-refractivity contribution in [2.75, 3.05) is 32.9 Å². The first kappa shape index (κ1) is 32.7. The van der Waals surface area contributed by atoms with Crippen LogP contribution in [0.3, 0.4) is 0 Å². The largest absolute Gasteiger partial charge is 0.497 e.